The SMILES string of the molecule is CC(C)(C)CCC(NN)c1ccc(Br)s1. The second-order valence-corrected chi connectivity index (χ2v) is 7.46. The van der Waals surface area contributed by atoms with Crippen molar-refractivity contribution < 1.29 is 0 Å². The summed E-state index contributed by atoms with van der Waals surface area (Å²) in [5.74, 6) is 5.58. The van der Waals surface area contributed by atoms with Gasteiger partial charge in [-0.05, 0) is 46.3 Å². The molecule has 0 saturated carbocycles. The molecule has 3 N–H and O–H groups in total. The van der Waals surface area contributed by atoms with Gasteiger partial charge in [0.1, 0.15) is 0 Å². The predicted molar refractivity (Wildman–Crippen MR) is 70.8 cm³/mol. The first-order chi connectivity index (χ1) is 6.92. The molecule has 15 heavy (non-hydrogen) atoms. The van der Waals surface area contributed by atoms with Crippen molar-refractivity contribution in [1.29, 1.82) is 0 Å². The third-order valence-corrected chi connectivity index (χ3v) is 4.06. The Labute approximate surface area is 104 Å². The number of halogens is 1. The molecule has 2 nitrogen and oxygen atoms in total. The largest absolute Gasteiger partial charge is 0.271 e. The van der Waals surface area contributed by atoms with E-state index in [2.05, 4.69) is 54.3 Å². The van der Waals surface area contributed by atoms with Crippen molar-refractivity contribution in [1.82, 2.24) is 5.43 Å². The molecule has 0 spiro atoms. The van der Waals surface area contributed by atoms with Crippen molar-refractivity contribution in [2.45, 2.75) is 39.7 Å². The van der Waals surface area contributed by atoms with Crippen LogP contribution in [0.5, 0.6) is 0 Å². The van der Waals surface area contributed by atoms with Crippen molar-refractivity contribution in [3.05, 3.63) is 20.8 Å². The monoisotopic (exact) mass is 290 g/mol. The second kappa shape index (κ2) is 5.43. The minimum Gasteiger partial charge on any atom is -0.271 e. The minimum atomic E-state index is 0.278. The van der Waals surface area contributed by atoms with Crippen molar-refractivity contribution in [2.24, 2.45) is 11.3 Å². The molecule has 0 bridgehead atoms. The van der Waals surface area contributed by atoms with E-state index in [1.54, 1.807) is 11.3 Å². The smallest absolute Gasteiger partial charge is 0.0702 e. The first-order valence-electron chi connectivity index (χ1n) is 5.14. The summed E-state index contributed by atoms with van der Waals surface area (Å²) >= 11 is 5.22. The predicted octanol–water partition coefficient (Wildman–Crippen LogP) is 3.84. The molecule has 0 saturated heterocycles. The quantitative estimate of drug-likeness (QED) is 0.653. The van der Waals surface area contributed by atoms with E-state index in [1.165, 1.54) is 4.88 Å². The van der Waals surface area contributed by atoms with Gasteiger partial charge in [-0.1, -0.05) is 20.8 Å². The average Bonchev–Trinajstić information content (AvgIpc) is 2.51. The highest BCUT2D eigenvalue weighted by molar-refractivity contribution is 9.11. The maximum atomic E-state index is 5.58. The van der Waals surface area contributed by atoms with Crippen LogP contribution in [0.4, 0.5) is 0 Å². The summed E-state index contributed by atoms with van der Waals surface area (Å²) in [5.41, 5.74) is 3.26. The molecule has 86 valence electrons. The fourth-order valence-corrected chi connectivity index (χ4v) is 2.92. The van der Waals surface area contributed by atoms with Crippen LogP contribution in [0.2, 0.25) is 0 Å². The lowest BCUT2D eigenvalue weighted by Gasteiger charge is -2.22. The molecule has 0 amide bonds. The maximum Gasteiger partial charge on any atom is 0.0702 e. The first-order valence-corrected chi connectivity index (χ1v) is 6.75. The zero-order valence-corrected chi connectivity index (χ0v) is 11.9. The van der Waals surface area contributed by atoms with Gasteiger partial charge < -0.3 is 0 Å². The average molecular weight is 291 g/mol. The van der Waals surface area contributed by atoms with Gasteiger partial charge in [0.2, 0.25) is 0 Å². The van der Waals surface area contributed by atoms with Crippen LogP contribution in [-0.2, 0) is 0 Å². The summed E-state index contributed by atoms with van der Waals surface area (Å²) in [7, 11) is 0. The Morgan fingerprint density at radius 3 is 2.53 bits per heavy atom. The van der Waals surface area contributed by atoms with Crippen LogP contribution in [0.1, 0.15) is 44.5 Å². The summed E-state index contributed by atoms with van der Waals surface area (Å²) in [6.45, 7) is 6.76. The molecule has 0 aliphatic carbocycles. The number of hydrogen-bond donors (Lipinski definition) is 2. The Kier molecular flexibility index (Phi) is 4.77. The lowest BCUT2D eigenvalue weighted by molar-refractivity contribution is 0.335. The molecule has 1 atom stereocenters. The minimum absolute atomic E-state index is 0.278. The molecular weight excluding hydrogens is 272 g/mol. The van der Waals surface area contributed by atoms with E-state index in [4.69, 9.17) is 5.84 Å². The number of hydrazine groups is 1. The van der Waals surface area contributed by atoms with Crippen LogP contribution < -0.4 is 11.3 Å². The summed E-state index contributed by atoms with van der Waals surface area (Å²) in [4.78, 5) is 1.30. The van der Waals surface area contributed by atoms with E-state index >= 15 is 0 Å². The van der Waals surface area contributed by atoms with Crippen LogP contribution in [-0.4, -0.2) is 0 Å². The number of rotatable bonds is 4. The second-order valence-electron chi connectivity index (χ2n) is 4.96. The van der Waals surface area contributed by atoms with Crippen molar-refractivity contribution in [2.75, 3.05) is 0 Å². The molecule has 1 aromatic rings. The lowest BCUT2D eigenvalue weighted by atomic mass is 9.88. The number of nitrogens with two attached hydrogens (primary N) is 1. The molecule has 1 rings (SSSR count). The number of nitrogens with one attached hydrogen (secondary N) is 1. The third-order valence-electron chi connectivity index (χ3n) is 2.32. The van der Waals surface area contributed by atoms with Crippen LogP contribution in [0.25, 0.3) is 0 Å². The van der Waals surface area contributed by atoms with Crippen LogP contribution in [0.15, 0.2) is 15.9 Å². The van der Waals surface area contributed by atoms with Gasteiger partial charge >= 0.3 is 0 Å². The van der Waals surface area contributed by atoms with Crippen LogP contribution in [0, 0.1) is 5.41 Å². The zero-order chi connectivity index (χ0) is 11.5. The van der Waals surface area contributed by atoms with Crippen molar-refractivity contribution >= 4 is 27.3 Å². The molecular formula is C11H19BrN2S. The maximum absolute atomic E-state index is 5.58. The van der Waals surface area contributed by atoms with Gasteiger partial charge in [-0.3, -0.25) is 11.3 Å². The summed E-state index contributed by atoms with van der Waals surface area (Å²) < 4.78 is 1.16. The highest BCUT2D eigenvalue weighted by atomic mass is 79.9. The molecule has 1 unspecified atom stereocenters. The van der Waals surface area contributed by atoms with Gasteiger partial charge in [0.15, 0.2) is 0 Å². The van der Waals surface area contributed by atoms with Gasteiger partial charge in [-0.2, -0.15) is 0 Å². The fourth-order valence-electron chi connectivity index (χ4n) is 1.40. The fraction of sp³-hybridized carbons (Fsp3) is 0.636. The van der Waals surface area contributed by atoms with E-state index in [0.717, 1.165) is 16.6 Å². The Morgan fingerprint density at radius 1 is 1.47 bits per heavy atom. The Balaban J connectivity index is 2.57. The molecule has 0 radical (unpaired) electrons. The standard InChI is InChI=1S/C11H19BrN2S/c1-11(2,3)7-6-8(14-13)9-4-5-10(12)15-9/h4-5,8,14H,6-7,13H2,1-3H3. The van der Waals surface area contributed by atoms with E-state index in [0.29, 0.717) is 5.41 Å². The Morgan fingerprint density at radius 2 is 2.13 bits per heavy atom. The summed E-state index contributed by atoms with van der Waals surface area (Å²) in [5, 5.41) is 0. The van der Waals surface area contributed by atoms with E-state index < -0.39 is 0 Å². The molecule has 0 aliphatic rings. The third kappa shape index (κ3) is 4.64. The summed E-state index contributed by atoms with van der Waals surface area (Å²) in [6, 6.07) is 4.48. The molecule has 1 heterocycles. The highest BCUT2D eigenvalue weighted by Crippen LogP contribution is 2.32. The highest BCUT2D eigenvalue weighted by Gasteiger charge is 2.16. The van der Waals surface area contributed by atoms with Gasteiger partial charge in [-0.15, -0.1) is 11.3 Å². The number of thiophene rings is 1. The zero-order valence-electron chi connectivity index (χ0n) is 9.51. The topological polar surface area (TPSA) is 38.0 Å². The summed E-state index contributed by atoms with van der Waals surface area (Å²) in [6.07, 6.45) is 2.24. The molecule has 0 aromatic carbocycles. The molecule has 4 heteroatoms. The number of hydrogen-bond acceptors (Lipinski definition) is 3. The van der Waals surface area contributed by atoms with Crippen molar-refractivity contribution in [3.8, 4) is 0 Å². The normalized spacial score (nSPS) is 14.2. The van der Waals surface area contributed by atoms with Crippen molar-refractivity contribution in [3.63, 3.8) is 0 Å². The van der Waals surface area contributed by atoms with E-state index in [1.807, 2.05) is 0 Å². The van der Waals surface area contributed by atoms with Crippen LogP contribution >= 0.6 is 27.3 Å². The van der Waals surface area contributed by atoms with Gasteiger partial charge in [0.25, 0.3) is 0 Å². The van der Waals surface area contributed by atoms with Gasteiger partial charge in [-0.25, -0.2) is 0 Å². The molecule has 1 aromatic heterocycles. The Hall–Kier alpha value is 0.1000. The van der Waals surface area contributed by atoms with E-state index in [9.17, 15) is 0 Å². The Bertz CT molecular complexity index is 304. The first kappa shape index (κ1) is 13.2. The molecule has 0 aliphatic heterocycles. The van der Waals surface area contributed by atoms with Gasteiger partial charge in [0.05, 0.1) is 9.83 Å². The molecule has 0 fully saturated rings. The van der Waals surface area contributed by atoms with Gasteiger partial charge in [0, 0.05) is 4.88 Å². The lowest BCUT2D eigenvalue weighted by Crippen LogP contribution is -2.28. The van der Waals surface area contributed by atoms with E-state index in [-0.39, 0.29) is 6.04 Å². The van der Waals surface area contributed by atoms with Crippen LogP contribution in [0.3, 0.4) is 0 Å².